The van der Waals surface area contributed by atoms with E-state index in [0.717, 1.165) is 12.0 Å². The fraction of sp³-hybridized carbons (Fsp3) is 0.455. The summed E-state index contributed by atoms with van der Waals surface area (Å²) in [4.78, 5) is 10.2. The molecule has 0 aliphatic heterocycles. The molecule has 0 bridgehead atoms. The zero-order valence-electron chi connectivity index (χ0n) is 9.19. The molecule has 0 aromatic heterocycles. The molecule has 4 heteroatoms. The van der Waals surface area contributed by atoms with Crippen LogP contribution in [0.2, 0.25) is 0 Å². The summed E-state index contributed by atoms with van der Waals surface area (Å²) in [7, 11) is 1.45. The molecule has 0 heterocycles. The third-order valence-electron chi connectivity index (χ3n) is 2.08. The maximum Gasteiger partial charge on any atom is 0.310 e. The Labute approximate surface area is 89.0 Å². The van der Waals surface area contributed by atoms with Gasteiger partial charge in [-0.25, -0.2) is 0 Å². The second-order valence-electron chi connectivity index (χ2n) is 3.86. The molecule has 0 aliphatic carbocycles. The highest BCUT2D eigenvalue weighted by Gasteiger charge is 2.14. The van der Waals surface area contributed by atoms with Crippen molar-refractivity contribution in [3.63, 3.8) is 0 Å². The van der Waals surface area contributed by atoms with Crippen LogP contribution in [0.3, 0.4) is 0 Å². The molecule has 4 nitrogen and oxygen atoms in total. The molecule has 0 aliphatic rings. The summed E-state index contributed by atoms with van der Waals surface area (Å²) in [5.74, 6) is 0.856. The molecular formula is C11H15NO3. The van der Waals surface area contributed by atoms with Gasteiger partial charge in [0.15, 0.2) is 5.75 Å². The summed E-state index contributed by atoms with van der Waals surface area (Å²) in [5, 5.41) is 10.6. The molecule has 0 unspecified atom stereocenters. The molecule has 82 valence electrons. The van der Waals surface area contributed by atoms with Crippen molar-refractivity contribution in [3.05, 3.63) is 33.9 Å². The lowest BCUT2D eigenvalue weighted by atomic mass is 10.0. The van der Waals surface area contributed by atoms with Gasteiger partial charge in [0.2, 0.25) is 0 Å². The maximum atomic E-state index is 10.6. The van der Waals surface area contributed by atoms with Gasteiger partial charge in [-0.05, 0) is 24.0 Å². The van der Waals surface area contributed by atoms with Crippen molar-refractivity contribution in [1.29, 1.82) is 0 Å². The predicted octanol–water partition coefficient (Wildman–Crippen LogP) is 2.80. The fourth-order valence-electron chi connectivity index (χ4n) is 1.47. The highest BCUT2D eigenvalue weighted by Crippen LogP contribution is 2.28. The van der Waals surface area contributed by atoms with Gasteiger partial charge in [0, 0.05) is 6.07 Å². The van der Waals surface area contributed by atoms with Gasteiger partial charge in [0.25, 0.3) is 0 Å². The van der Waals surface area contributed by atoms with Gasteiger partial charge in [-0.3, -0.25) is 10.1 Å². The average molecular weight is 209 g/mol. The number of rotatable bonds is 4. The number of nitro benzene ring substituents is 1. The van der Waals surface area contributed by atoms with Crippen LogP contribution in [0.1, 0.15) is 19.4 Å². The van der Waals surface area contributed by atoms with E-state index in [0.29, 0.717) is 11.7 Å². The lowest BCUT2D eigenvalue weighted by molar-refractivity contribution is -0.385. The Kier molecular flexibility index (Phi) is 3.66. The minimum absolute atomic E-state index is 0.0185. The van der Waals surface area contributed by atoms with Crippen molar-refractivity contribution in [2.45, 2.75) is 20.3 Å². The summed E-state index contributed by atoms with van der Waals surface area (Å²) < 4.78 is 4.99. The summed E-state index contributed by atoms with van der Waals surface area (Å²) >= 11 is 0. The Morgan fingerprint density at radius 2 is 2.13 bits per heavy atom. The lowest BCUT2D eigenvalue weighted by Gasteiger charge is -2.07. The molecule has 1 aromatic carbocycles. The molecule has 15 heavy (non-hydrogen) atoms. The summed E-state index contributed by atoms with van der Waals surface area (Å²) in [6.45, 7) is 4.21. The third-order valence-corrected chi connectivity index (χ3v) is 2.08. The number of nitro groups is 1. The van der Waals surface area contributed by atoms with Crippen LogP contribution in [0.15, 0.2) is 18.2 Å². The van der Waals surface area contributed by atoms with Gasteiger partial charge in [0.05, 0.1) is 12.0 Å². The topological polar surface area (TPSA) is 52.4 Å². The van der Waals surface area contributed by atoms with Crippen molar-refractivity contribution in [3.8, 4) is 5.75 Å². The molecule has 0 spiro atoms. The van der Waals surface area contributed by atoms with E-state index in [1.807, 2.05) is 0 Å². The van der Waals surface area contributed by atoms with Crippen LogP contribution in [-0.4, -0.2) is 12.0 Å². The van der Waals surface area contributed by atoms with E-state index in [4.69, 9.17) is 4.74 Å². The van der Waals surface area contributed by atoms with Gasteiger partial charge in [-0.1, -0.05) is 19.9 Å². The van der Waals surface area contributed by atoms with Crippen LogP contribution >= 0.6 is 0 Å². The molecule has 0 N–H and O–H groups in total. The summed E-state index contributed by atoms with van der Waals surface area (Å²) in [6.07, 6.45) is 0.897. The molecule has 1 aromatic rings. The maximum absolute atomic E-state index is 10.6. The monoisotopic (exact) mass is 209 g/mol. The third kappa shape index (κ3) is 2.94. The van der Waals surface area contributed by atoms with Crippen molar-refractivity contribution in [2.24, 2.45) is 5.92 Å². The van der Waals surface area contributed by atoms with E-state index in [9.17, 15) is 10.1 Å². The van der Waals surface area contributed by atoms with Gasteiger partial charge >= 0.3 is 5.69 Å². The van der Waals surface area contributed by atoms with Crippen LogP contribution in [0, 0.1) is 16.0 Å². The van der Waals surface area contributed by atoms with Gasteiger partial charge in [-0.2, -0.15) is 0 Å². The quantitative estimate of drug-likeness (QED) is 0.566. The largest absolute Gasteiger partial charge is 0.490 e. The van der Waals surface area contributed by atoms with Crippen LogP contribution in [0.4, 0.5) is 5.69 Å². The Morgan fingerprint density at radius 1 is 1.47 bits per heavy atom. The SMILES string of the molecule is COc1cc(CC(C)C)ccc1[N+](=O)[O-]. The van der Waals surface area contributed by atoms with Crippen molar-refractivity contribution >= 4 is 5.69 Å². The molecule has 0 atom stereocenters. The Hall–Kier alpha value is -1.58. The first-order valence-corrected chi connectivity index (χ1v) is 4.86. The van der Waals surface area contributed by atoms with Crippen molar-refractivity contribution < 1.29 is 9.66 Å². The minimum Gasteiger partial charge on any atom is -0.490 e. The number of hydrogen-bond acceptors (Lipinski definition) is 3. The van der Waals surface area contributed by atoms with Crippen LogP contribution in [0.5, 0.6) is 5.75 Å². The lowest BCUT2D eigenvalue weighted by Crippen LogP contribution is -1.98. The molecule has 0 fully saturated rings. The first kappa shape index (κ1) is 11.5. The zero-order chi connectivity index (χ0) is 11.4. The van der Waals surface area contributed by atoms with E-state index in [1.54, 1.807) is 12.1 Å². The number of hydrogen-bond donors (Lipinski definition) is 0. The van der Waals surface area contributed by atoms with E-state index < -0.39 is 4.92 Å². The van der Waals surface area contributed by atoms with Crippen LogP contribution in [0.25, 0.3) is 0 Å². The molecule has 0 radical (unpaired) electrons. The molecule has 1 rings (SSSR count). The predicted molar refractivity (Wildman–Crippen MR) is 58.2 cm³/mol. The smallest absolute Gasteiger partial charge is 0.310 e. The second-order valence-corrected chi connectivity index (χ2v) is 3.86. The highest BCUT2D eigenvalue weighted by atomic mass is 16.6. The standard InChI is InChI=1S/C11H15NO3/c1-8(2)6-9-4-5-10(12(13)14)11(7-9)15-3/h4-5,7-8H,6H2,1-3H3. The van der Waals surface area contributed by atoms with E-state index in [-0.39, 0.29) is 5.69 Å². The van der Waals surface area contributed by atoms with Crippen LogP contribution < -0.4 is 4.74 Å². The van der Waals surface area contributed by atoms with E-state index in [2.05, 4.69) is 13.8 Å². The summed E-state index contributed by atoms with van der Waals surface area (Å²) in [5.41, 5.74) is 1.08. The first-order chi connectivity index (χ1) is 7.04. The minimum atomic E-state index is -0.433. The van der Waals surface area contributed by atoms with Crippen molar-refractivity contribution in [1.82, 2.24) is 0 Å². The Bertz CT molecular complexity index is 361. The number of nitrogens with zero attached hydrogens (tertiary/aromatic N) is 1. The van der Waals surface area contributed by atoms with E-state index >= 15 is 0 Å². The van der Waals surface area contributed by atoms with Crippen LogP contribution in [-0.2, 0) is 6.42 Å². The summed E-state index contributed by atoms with van der Waals surface area (Å²) in [6, 6.07) is 5.01. The first-order valence-electron chi connectivity index (χ1n) is 4.86. The van der Waals surface area contributed by atoms with Crippen molar-refractivity contribution in [2.75, 3.05) is 7.11 Å². The number of ether oxygens (including phenoxy) is 1. The van der Waals surface area contributed by atoms with Gasteiger partial charge in [-0.15, -0.1) is 0 Å². The normalized spacial score (nSPS) is 10.4. The second kappa shape index (κ2) is 4.77. The average Bonchev–Trinajstić information content (AvgIpc) is 2.16. The number of methoxy groups -OCH3 is 1. The zero-order valence-corrected chi connectivity index (χ0v) is 9.19. The highest BCUT2D eigenvalue weighted by molar-refractivity contribution is 5.48. The molecule has 0 saturated heterocycles. The molecular weight excluding hydrogens is 194 g/mol. The molecule has 0 amide bonds. The number of benzene rings is 1. The van der Waals surface area contributed by atoms with Gasteiger partial charge in [0.1, 0.15) is 0 Å². The van der Waals surface area contributed by atoms with Gasteiger partial charge < -0.3 is 4.74 Å². The molecule has 0 saturated carbocycles. The Balaban J connectivity index is 3.02. The Morgan fingerprint density at radius 3 is 2.60 bits per heavy atom. The van der Waals surface area contributed by atoms with E-state index in [1.165, 1.54) is 13.2 Å². The fourth-order valence-corrected chi connectivity index (χ4v) is 1.47.